The molecule has 1 aromatic rings. The van der Waals surface area contributed by atoms with E-state index in [4.69, 9.17) is 10.00 Å². The first kappa shape index (κ1) is 14.1. The Morgan fingerprint density at radius 3 is 2.85 bits per heavy atom. The van der Waals surface area contributed by atoms with E-state index < -0.39 is 11.9 Å². The van der Waals surface area contributed by atoms with Crippen LogP contribution in [0.15, 0.2) is 18.2 Å². The van der Waals surface area contributed by atoms with E-state index in [0.29, 0.717) is 13.0 Å². The second-order valence-electron chi connectivity index (χ2n) is 4.87. The van der Waals surface area contributed by atoms with E-state index in [1.807, 2.05) is 32.0 Å². The third-order valence-corrected chi connectivity index (χ3v) is 3.57. The van der Waals surface area contributed by atoms with Crippen molar-refractivity contribution in [1.82, 2.24) is 0 Å². The number of carbonyl (C=O) groups is 2. The predicted molar refractivity (Wildman–Crippen MR) is 72.9 cm³/mol. The van der Waals surface area contributed by atoms with Crippen molar-refractivity contribution in [1.29, 1.82) is 5.26 Å². The molecular weight excluding hydrogens is 256 g/mol. The maximum absolute atomic E-state index is 12.2. The normalized spacial score (nSPS) is 17.9. The number of carbonyl (C=O) groups excluding carboxylic acids is 2. The number of amides is 1. The summed E-state index contributed by atoms with van der Waals surface area (Å²) in [6.45, 7) is 4.17. The van der Waals surface area contributed by atoms with Crippen LogP contribution in [0, 0.1) is 31.1 Å². The van der Waals surface area contributed by atoms with Gasteiger partial charge in [0.2, 0.25) is 5.91 Å². The molecule has 1 aliphatic heterocycles. The Kier molecular flexibility index (Phi) is 4.04. The molecule has 0 N–H and O–H groups in total. The lowest BCUT2D eigenvalue weighted by molar-refractivity contribution is -0.149. The van der Waals surface area contributed by atoms with Crippen molar-refractivity contribution in [3.05, 3.63) is 29.3 Å². The lowest BCUT2D eigenvalue weighted by Crippen LogP contribution is -2.31. The Hall–Kier alpha value is -2.35. The van der Waals surface area contributed by atoms with Crippen molar-refractivity contribution in [2.24, 2.45) is 5.92 Å². The lowest BCUT2D eigenvalue weighted by atomic mass is 10.1. The minimum atomic E-state index is -0.787. The van der Waals surface area contributed by atoms with Crippen LogP contribution in [0.1, 0.15) is 17.5 Å². The van der Waals surface area contributed by atoms with Crippen molar-refractivity contribution in [3.63, 3.8) is 0 Å². The average molecular weight is 272 g/mol. The Morgan fingerprint density at radius 1 is 1.45 bits per heavy atom. The highest BCUT2D eigenvalue weighted by atomic mass is 16.5. The van der Waals surface area contributed by atoms with Gasteiger partial charge in [-0.3, -0.25) is 9.59 Å². The van der Waals surface area contributed by atoms with E-state index >= 15 is 0 Å². The Morgan fingerprint density at radius 2 is 2.20 bits per heavy atom. The Bertz CT molecular complexity index is 589. The summed E-state index contributed by atoms with van der Waals surface area (Å²) >= 11 is 0. The molecule has 0 bridgehead atoms. The zero-order chi connectivity index (χ0) is 14.7. The van der Waals surface area contributed by atoms with Crippen molar-refractivity contribution < 1.29 is 14.3 Å². The number of nitrogens with zero attached hydrogens (tertiary/aromatic N) is 2. The van der Waals surface area contributed by atoms with E-state index in [9.17, 15) is 9.59 Å². The van der Waals surface area contributed by atoms with Gasteiger partial charge >= 0.3 is 5.97 Å². The third kappa shape index (κ3) is 2.64. The fourth-order valence-electron chi connectivity index (χ4n) is 2.25. The quantitative estimate of drug-likeness (QED) is 0.620. The Balaban J connectivity index is 2.13. The number of hydrogen-bond acceptors (Lipinski definition) is 4. The molecule has 5 heteroatoms. The first-order valence-corrected chi connectivity index (χ1v) is 6.47. The van der Waals surface area contributed by atoms with E-state index in [1.54, 1.807) is 11.0 Å². The summed E-state index contributed by atoms with van der Waals surface area (Å²) in [4.78, 5) is 25.5. The molecule has 1 atom stereocenters. The van der Waals surface area contributed by atoms with Gasteiger partial charge in [-0.25, -0.2) is 0 Å². The first-order chi connectivity index (χ1) is 9.54. The van der Waals surface area contributed by atoms with Gasteiger partial charge in [0, 0.05) is 12.2 Å². The summed E-state index contributed by atoms with van der Waals surface area (Å²) in [6.07, 6.45) is 0.427. The van der Waals surface area contributed by atoms with Gasteiger partial charge in [0.15, 0.2) is 6.61 Å². The first-order valence-electron chi connectivity index (χ1n) is 6.47. The number of anilines is 1. The number of nitriles is 1. The van der Waals surface area contributed by atoms with E-state index in [1.165, 1.54) is 0 Å². The highest BCUT2D eigenvalue weighted by Gasteiger charge is 2.38. The monoisotopic (exact) mass is 272 g/mol. The minimum Gasteiger partial charge on any atom is -0.450 e. The molecule has 5 nitrogen and oxygen atoms in total. The molecule has 1 unspecified atom stereocenters. The fourth-order valence-corrected chi connectivity index (χ4v) is 2.25. The van der Waals surface area contributed by atoms with Crippen molar-refractivity contribution in [2.45, 2.75) is 20.3 Å². The zero-order valence-corrected chi connectivity index (χ0v) is 11.5. The summed E-state index contributed by atoms with van der Waals surface area (Å²) in [6, 6.07) is 7.50. The summed E-state index contributed by atoms with van der Waals surface area (Å²) in [7, 11) is 0. The molecule has 0 aromatic heterocycles. The summed E-state index contributed by atoms with van der Waals surface area (Å²) in [5.41, 5.74) is 3.06. The molecule has 1 saturated heterocycles. The van der Waals surface area contributed by atoms with E-state index in [2.05, 4.69) is 0 Å². The predicted octanol–water partition coefficient (Wildman–Crippen LogP) is 1.72. The van der Waals surface area contributed by atoms with Gasteiger partial charge in [0.05, 0.1) is 0 Å². The molecule has 1 amide bonds. The summed E-state index contributed by atoms with van der Waals surface area (Å²) in [5.74, 6) is -1.65. The summed E-state index contributed by atoms with van der Waals surface area (Å²) in [5, 5.41) is 8.39. The Labute approximate surface area is 117 Å². The maximum Gasteiger partial charge on any atom is 0.319 e. The minimum absolute atomic E-state index is 0.254. The van der Waals surface area contributed by atoms with Crippen LogP contribution in [0.4, 0.5) is 5.69 Å². The molecule has 1 heterocycles. The van der Waals surface area contributed by atoms with Crippen LogP contribution in [-0.2, 0) is 14.3 Å². The largest absolute Gasteiger partial charge is 0.450 e. The van der Waals surface area contributed by atoms with E-state index in [0.717, 1.165) is 16.8 Å². The van der Waals surface area contributed by atoms with Crippen LogP contribution in [-0.4, -0.2) is 25.0 Å². The number of rotatable bonds is 3. The number of esters is 1. The van der Waals surface area contributed by atoms with Crippen molar-refractivity contribution in [2.75, 3.05) is 18.1 Å². The highest BCUT2D eigenvalue weighted by molar-refractivity contribution is 6.08. The number of aryl methyl sites for hydroxylation is 2. The van der Waals surface area contributed by atoms with Crippen LogP contribution < -0.4 is 4.90 Å². The van der Waals surface area contributed by atoms with Crippen LogP contribution in [0.5, 0.6) is 0 Å². The molecule has 1 aliphatic rings. The maximum atomic E-state index is 12.2. The van der Waals surface area contributed by atoms with Crippen molar-refractivity contribution >= 4 is 17.6 Å². The lowest BCUT2D eigenvalue weighted by Gasteiger charge is -2.17. The van der Waals surface area contributed by atoms with Gasteiger partial charge in [-0.15, -0.1) is 0 Å². The molecule has 0 spiro atoms. The molecule has 2 rings (SSSR count). The van der Waals surface area contributed by atoms with Gasteiger partial charge in [0.25, 0.3) is 0 Å². The molecule has 0 radical (unpaired) electrons. The smallest absolute Gasteiger partial charge is 0.319 e. The molecular formula is C15H16N2O3. The standard InChI is InChI=1S/C15H16N2O3/c1-10-3-4-12(9-11(10)2)17-7-5-13(14(17)18)15(19)20-8-6-16/h3-4,9,13H,5,7-8H2,1-2H3. The second kappa shape index (κ2) is 5.74. The molecule has 0 aliphatic carbocycles. The molecule has 104 valence electrons. The van der Waals surface area contributed by atoms with Gasteiger partial charge < -0.3 is 9.64 Å². The van der Waals surface area contributed by atoms with Crippen LogP contribution in [0.2, 0.25) is 0 Å². The third-order valence-electron chi connectivity index (χ3n) is 3.57. The van der Waals surface area contributed by atoms with Gasteiger partial charge in [-0.1, -0.05) is 6.07 Å². The topological polar surface area (TPSA) is 70.4 Å². The number of ether oxygens (including phenoxy) is 1. The number of benzene rings is 1. The average Bonchev–Trinajstić information content (AvgIpc) is 2.81. The van der Waals surface area contributed by atoms with Gasteiger partial charge in [0.1, 0.15) is 12.0 Å². The number of hydrogen-bond donors (Lipinski definition) is 0. The van der Waals surface area contributed by atoms with Crippen LogP contribution >= 0.6 is 0 Å². The van der Waals surface area contributed by atoms with Crippen LogP contribution in [0.3, 0.4) is 0 Å². The van der Waals surface area contributed by atoms with Gasteiger partial charge in [-0.05, 0) is 43.5 Å². The molecule has 1 aromatic carbocycles. The van der Waals surface area contributed by atoms with Crippen molar-refractivity contribution in [3.8, 4) is 6.07 Å². The highest BCUT2D eigenvalue weighted by Crippen LogP contribution is 2.27. The van der Waals surface area contributed by atoms with Crippen LogP contribution in [0.25, 0.3) is 0 Å². The SMILES string of the molecule is Cc1ccc(N2CCC(C(=O)OCC#N)C2=O)cc1C. The molecule has 1 fully saturated rings. The van der Waals surface area contributed by atoms with E-state index in [-0.39, 0.29) is 12.5 Å². The second-order valence-corrected chi connectivity index (χ2v) is 4.87. The molecule has 0 saturated carbocycles. The van der Waals surface area contributed by atoms with Gasteiger partial charge in [-0.2, -0.15) is 5.26 Å². The zero-order valence-electron chi connectivity index (χ0n) is 11.5. The molecule has 20 heavy (non-hydrogen) atoms. The summed E-state index contributed by atoms with van der Waals surface area (Å²) < 4.78 is 4.73. The fraction of sp³-hybridized carbons (Fsp3) is 0.400.